The Morgan fingerprint density at radius 3 is 2.64 bits per heavy atom. The molecule has 1 unspecified atom stereocenters. The number of halogens is 2. The van der Waals surface area contributed by atoms with Crippen LogP contribution >= 0.6 is 23.2 Å². The second kappa shape index (κ2) is 9.64. The Balaban J connectivity index is 1.43. The van der Waals surface area contributed by atoms with Gasteiger partial charge in [-0.25, -0.2) is 9.97 Å². The zero-order valence-electron chi connectivity index (χ0n) is 21.1. The molecule has 1 saturated heterocycles. The van der Waals surface area contributed by atoms with Crippen molar-refractivity contribution in [3.05, 3.63) is 46.3 Å². The van der Waals surface area contributed by atoms with Gasteiger partial charge in [0.1, 0.15) is 10.4 Å². The van der Waals surface area contributed by atoms with Gasteiger partial charge in [-0.2, -0.15) is 0 Å². The van der Waals surface area contributed by atoms with Crippen LogP contribution in [-0.2, 0) is 11.4 Å². The van der Waals surface area contributed by atoms with E-state index < -0.39 is 11.4 Å². The van der Waals surface area contributed by atoms with Crippen molar-refractivity contribution in [2.75, 3.05) is 18.0 Å². The molecule has 2 fully saturated rings. The van der Waals surface area contributed by atoms with Crippen LogP contribution in [0.2, 0.25) is 10.0 Å². The van der Waals surface area contributed by atoms with E-state index >= 15 is 0 Å². The van der Waals surface area contributed by atoms with E-state index in [1.54, 1.807) is 12.3 Å². The third kappa shape index (κ3) is 4.61. The summed E-state index contributed by atoms with van der Waals surface area (Å²) in [7, 11) is 0. The Kier molecular flexibility index (Phi) is 6.98. The Hall–Kier alpha value is -1.55. The quantitative estimate of drug-likeness (QED) is 0.436. The van der Waals surface area contributed by atoms with Gasteiger partial charge >= 0.3 is 0 Å². The molecule has 7 nitrogen and oxygen atoms in total. The minimum absolute atomic E-state index is 0.0324. The Labute approximate surface area is 225 Å². The highest BCUT2D eigenvalue weighted by Crippen LogP contribution is 2.48. The molecule has 36 heavy (non-hydrogen) atoms. The summed E-state index contributed by atoms with van der Waals surface area (Å²) in [6, 6.07) is 5.63. The predicted molar refractivity (Wildman–Crippen MR) is 147 cm³/mol. The SMILES string of the molecule is Cc1nc(N2CCC3(CC2)C[C@@H](O)C[C@H]3N[S+]([O-])C(C)(C)C)n2ccnc2c1-c1cccc(Cl)c1Cl. The number of imidazole rings is 1. The van der Waals surface area contributed by atoms with Crippen LogP contribution in [0.5, 0.6) is 0 Å². The van der Waals surface area contributed by atoms with E-state index in [9.17, 15) is 9.66 Å². The van der Waals surface area contributed by atoms with E-state index in [-0.39, 0.29) is 22.3 Å². The Bertz CT molecular complexity index is 1270. The highest BCUT2D eigenvalue weighted by molar-refractivity contribution is 7.90. The number of aliphatic hydroxyl groups is 1. The summed E-state index contributed by atoms with van der Waals surface area (Å²) in [5, 5.41) is 11.5. The zero-order valence-corrected chi connectivity index (χ0v) is 23.4. The first-order valence-corrected chi connectivity index (χ1v) is 14.3. The maximum Gasteiger partial charge on any atom is 0.211 e. The minimum atomic E-state index is -1.18. The van der Waals surface area contributed by atoms with Gasteiger partial charge in [0.15, 0.2) is 0 Å². The minimum Gasteiger partial charge on any atom is -0.598 e. The van der Waals surface area contributed by atoms with E-state index in [1.807, 2.05) is 50.4 Å². The monoisotopic (exact) mass is 549 g/mol. The summed E-state index contributed by atoms with van der Waals surface area (Å²) in [4.78, 5) is 11.9. The number of benzene rings is 1. The topological polar surface area (TPSA) is 88.8 Å². The largest absolute Gasteiger partial charge is 0.598 e. The van der Waals surface area contributed by atoms with Crippen molar-refractivity contribution in [2.24, 2.45) is 5.41 Å². The number of hydrogen-bond acceptors (Lipinski definition) is 6. The van der Waals surface area contributed by atoms with Crippen molar-refractivity contribution in [1.29, 1.82) is 0 Å². The lowest BCUT2D eigenvalue weighted by Crippen LogP contribution is -2.53. The molecule has 2 aliphatic rings. The number of nitrogens with one attached hydrogen (secondary N) is 1. The smallest absolute Gasteiger partial charge is 0.211 e. The second-order valence-corrected chi connectivity index (χ2v) is 13.9. The Morgan fingerprint density at radius 1 is 1.22 bits per heavy atom. The molecule has 2 N–H and O–H groups in total. The van der Waals surface area contributed by atoms with Crippen LogP contribution < -0.4 is 9.62 Å². The number of rotatable bonds is 4. The third-order valence-electron chi connectivity index (χ3n) is 7.67. The first-order chi connectivity index (χ1) is 17.0. The molecule has 0 bridgehead atoms. The number of aryl methyl sites for hydroxylation is 1. The van der Waals surface area contributed by atoms with Gasteiger partial charge in [-0.15, -0.1) is 4.72 Å². The van der Waals surface area contributed by atoms with E-state index in [0.717, 1.165) is 60.8 Å². The molecule has 3 aromatic rings. The summed E-state index contributed by atoms with van der Waals surface area (Å²) in [5.74, 6) is 0.845. The normalized spacial score (nSPS) is 23.1. The molecule has 3 heterocycles. The number of fused-ring (bicyclic) bond motifs is 1. The molecule has 194 valence electrons. The highest BCUT2D eigenvalue weighted by atomic mass is 35.5. The fraction of sp³-hybridized carbons (Fsp3) is 0.538. The maximum atomic E-state index is 12.9. The first-order valence-electron chi connectivity index (χ1n) is 12.4. The van der Waals surface area contributed by atoms with E-state index in [1.165, 1.54) is 0 Å². The van der Waals surface area contributed by atoms with Gasteiger partial charge in [0.25, 0.3) is 0 Å². The summed E-state index contributed by atoms with van der Waals surface area (Å²) < 4.78 is 17.9. The maximum absolute atomic E-state index is 12.9. The van der Waals surface area contributed by atoms with Gasteiger partial charge in [-0.05, 0) is 64.9 Å². The standard InChI is InChI=1S/C26H33Cl2N5O2S/c1-16-21(18-6-5-7-19(27)22(18)28)23-29-10-13-33(23)24(30-16)32-11-8-26(9-12-32)15-17(34)14-20(26)31-36(35)25(2,3)4/h5-7,10,13,17,20,31,34H,8-9,11-12,14-15H2,1-4H3/t17-,20+,36?/m0/s1. The van der Waals surface area contributed by atoms with Crippen molar-refractivity contribution < 1.29 is 9.66 Å². The molecular formula is C26H33Cl2N5O2S. The van der Waals surface area contributed by atoms with E-state index in [0.29, 0.717) is 16.5 Å². The molecule has 1 spiro atoms. The van der Waals surface area contributed by atoms with Crippen molar-refractivity contribution in [2.45, 2.75) is 70.3 Å². The van der Waals surface area contributed by atoms with Gasteiger partial charge in [0.05, 0.1) is 27.9 Å². The average molecular weight is 551 g/mol. The molecule has 1 aromatic carbocycles. The van der Waals surface area contributed by atoms with Gasteiger partial charge in [-0.3, -0.25) is 4.40 Å². The van der Waals surface area contributed by atoms with Crippen molar-refractivity contribution >= 4 is 46.2 Å². The van der Waals surface area contributed by atoms with E-state index in [4.69, 9.17) is 28.2 Å². The summed E-state index contributed by atoms with van der Waals surface area (Å²) in [6.45, 7) is 9.49. The van der Waals surface area contributed by atoms with Gasteiger partial charge < -0.3 is 14.6 Å². The lowest BCUT2D eigenvalue weighted by Gasteiger charge is -2.44. The van der Waals surface area contributed by atoms with Gasteiger partial charge in [0.2, 0.25) is 5.95 Å². The van der Waals surface area contributed by atoms with Crippen molar-refractivity contribution in [1.82, 2.24) is 19.1 Å². The van der Waals surface area contributed by atoms with E-state index in [2.05, 4.69) is 14.6 Å². The molecule has 2 aromatic heterocycles. The van der Waals surface area contributed by atoms with Crippen LogP contribution in [0.4, 0.5) is 5.95 Å². The number of piperidine rings is 1. The lowest BCUT2D eigenvalue weighted by atomic mass is 9.74. The highest BCUT2D eigenvalue weighted by Gasteiger charge is 2.51. The van der Waals surface area contributed by atoms with Gasteiger partial charge in [0, 0.05) is 48.0 Å². The number of aliphatic hydroxyl groups excluding tert-OH is 1. The van der Waals surface area contributed by atoms with Crippen LogP contribution in [0.25, 0.3) is 16.8 Å². The van der Waals surface area contributed by atoms with Gasteiger partial charge in [-0.1, -0.05) is 35.3 Å². The van der Waals surface area contributed by atoms with Crippen LogP contribution in [0.1, 0.15) is 52.1 Å². The fourth-order valence-corrected chi connectivity index (χ4v) is 7.06. The Morgan fingerprint density at radius 2 is 1.94 bits per heavy atom. The molecule has 0 radical (unpaired) electrons. The first kappa shape index (κ1) is 26.1. The molecule has 1 aliphatic carbocycles. The third-order valence-corrected chi connectivity index (χ3v) is 10.1. The molecule has 1 aliphatic heterocycles. The van der Waals surface area contributed by atoms with Crippen LogP contribution in [-0.4, -0.2) is 54.0 Å². The lowest BCUT2D eigenvalue weighted by molar-refractivity contribution is 0.139. The van der Waals surface area contributed by atoms with Crippen LogP contribution in [0, 0.1) is 12.3 Å². The van der Waals surface area contributed by atoms with Crippen molar-refractivity contribution in [3.63, 3.8) is 0 Å². The van der Waals surface area contributed by atoms with Crippen molar-refractivity contribution in [3.8, 4) is 11.1 Å². The van der Waals surface area contributed by atoms with Crippen LogP contribution in [0.3, 0.4) is 0 Å². The molecule has 0 amide bonds. The predicted octanol–water partition coefficient (Wildman–Crippen LogP) is 5.17. The number of hydrogen-bond donors (Lipinski definition) is 2. The molecule has 3 atom stereocenters. The number of aromatic nitrogens is 3. The summed E-state index contributed by atoms with van der Waals surface area (Å²) in [6.07, 6.45) is 6.50. The van der Waals surface area contributed by atoms with Crippen LogP contribution in [0.15, 0.2) is 30.6 Å². The number of anilines is 1. The summed E-state index contributed by atoms with van der Waals surface area (Å²) >= 11 is 11.7. The fourth-order valence-electron chi connectivity index (χ4n) is 5.71. The zero-order chi connectivity index (χ0) is 25.8. The average Bonchev–Trinajstić information content (AvgIpc) is 3.40. The molecule has 10 heteroatoms. The molecule has 1 saturated carbocycles. The molecule has 5 rings (SSSR count). The number of nitrogens with zero attached hydrogens (tertiary/aromatic N) is 4. The summed E-state index contributed by atoms with van der Waals surface area (Å²) in [5.41, 5.74) is 3.24. The molecular weight excluding hydrogens is 517 g/mol. The second-order valence-electron chi connectivity index (χ2n) is 11.1.